The maximum absolute atomic E-state index is 13.0. The van der Waals surface area contributed by atoms with Gasteiger partial charge in [-0.2, -0.15) is 8.42 Å². The summed E-state index contributed by atoms with van der Waals surface area (Å²) < 4.78 is 43.5. The summed E-state index contributed by atoms with van der Waals surface area (Å²) in [5, 5.41) is 0.402. The Labute approximate surface area is 227 Å². The molecule has 0 saturated carbocycles. The largest absolute Gasteiger partial charge is 0.493 e. The van der Waals surface area contributed by atoms with Gasteiger partial charge in [0.2, 0.25) is 0 Å². The molecule has 2 aromatic rings. The molecule has 0 N–H and O–H groups in total. The molecule has 5 rings (SSSR count). The molecule has 0 unspecified atom stereocenters. The van der Waals surface area contributed by atoms with E-state index in [1.165, 1.54) is 31.4 Å². The van der Waals surface area contributed by atoms with Gasteiger partial charge in [-0.1, -0.05) is 11.6 Å². The van der Waals surface area contributed by atoms with E-state index in [0.717, 1.165) is 0 Å². The third-order valence-electron chi connectivity index (χ3n) is 6.52. The van der Waals surface area contributed by atoms with Gasteiger partial charge in [0, 0.05) is 47.8 Å². The molecule has 0 saturated heterocycles. The van der Waals surface area contributed by atoms with E-state index in [0.29, 0.717) is 75.3 Å². The third kappa shape index (κ3) is 4.56. The van der Waals surface area contributed by atoms with E-state index < -0.39 is 16.0 Å². The van der Waals surface area contributed by atoms with Crippen molar-refractivity contribution >= 4 is 55.9 Å². The zero-order valence-electron chi connectivity index (χ0n) is 19.3. The fraction of sp³-hybridized carbons (Fsp3) is 0.308. The van der Waals surface area contributed by atoms with E-state index in [9.17, 15) is 18.0 Å². The molecule has 2 aromatic carbocycles. The molecule has 188 valence electrons. The summed E-state index contributed by atoms with van der Waals surface area (Å²) in [6.07, 6.45) is 3.47. The number of Topliss-reactive ketones (excluding diaryl/α,β-unsaturated/α-hetero) is 2. The summed E-state index contributed by atoms with van der Waals surface area (Å²) in [4.78, 5) is 26.0. The van der Waals surface area contributed by atoms with Crippen LogP contribution in [0, 0.1) is 3.57 Å². The summed E-state index contributed by atoms with van der Waals surface area (Å²) >= 11 is 7.86. The average molecular weight is 641 g/mol. The van der Waals surface area contributed by atoms with Gasteiger partial charge in [-0.25, -0.2) is 0 Å². The van der Waals surface area contributed by atoms with Crippen LogP contribution in [-0.4, -0.2) is 27.1 Å². The fourth-order valence-electron chi connectivity index (χ4n) is 4.90. The van der Waals surface area contributed by atoms with Crippen molar-refractivity contribution in [2.45, 2.75) is 49.3 Å². The second kappa shape index (κ2) is 9.83. The molecule has 10 heteroatoms. The highest BCUT2D eigenvalue weighted by atomic mass is 127. The van der Waals surface area contributed by atoms with Crippen LogP contribution in [0.5, 0.6) is 11.5 Å². The maximum Gasteiger partial charge on any atom is 0.339 e. The Bertz CT molecular complexity index is 1400. The number of ether oxygens (including phenoxy) is 2. The molecule has 0 bridgehead atoms. The lowest BCUT2D eigenvalue weighted by Crippen LogP contribution is -2.30. The Morgan fingerprint density at radius 1 is 0.944 bits per heavy atom. The predicted molar refractivity (Wildman–Crippen MR) is 141 cm³/mol. The van der Waals surface area contributed by atoms with Crippen LogP contribution in [0.1, 0.15) is 50.0 Å². The number of ketones is 2. The molecule has 0 fully saturated rings. The number of carbonyl (C=O) groups excluding carboxylic acids is 2. The number of benzene rings is 2. The van der Waals surface area contributed by atoms with E-state index >= 15 is 0 Å². The van der Waals surface area contributed by atoms with Crippen LogP contribution >= 0.6 is 34.2 Å². The average Bonchev–Trinajstić information content (AvgIpc) is 2.84. The normalized spacial score (nSPS) is 18.5. The quantitative estimate of drug-likeness (QED) is 0.299. The van der Waals surface area contributed by atoms with Gasteiger partial charge in [-0.3, -0.25) is 9.59 Å². The molecular formula is C26H22ClIO7S. The van der Waals surface area contributed by atoms with Crippen LogP contribution < -0.4 is 8.92 Å². The van der Waals surface area contributed by atoms with Crippen molar-refractivity contribution in [2.24, 2.45) is 0 Å². The topological polar surface area (TPSA) is 96.0 Å². The number of hydrogen-bond acceptors (Lipinski definition) is 7. The molecule has 36 heavy (non-hydrogen) atoms. The maximum atomic E-state index is 13.0. The minimum atomic E-state index is -4.17. The second-order valence-corrected chi connectivity index (χ2v) is 11.9. The Morgan fingerprint density at radius 2 is 1.53 bits per heavy atom. The lowest BCUT2D eigenvalue weighted by atomic mass is 9.73. The Hall–Kier alpha value is -2.37. The Morgan fingerprint density at radius 3 is 2.08 bits per heavy atom. The van der Waals surface area contributed by atoms with E-state index in [1.54, 1.807) is 12.1 Å². The van der Waals surface area contributed by atoms with Crippen molar-refractivity contribution < 1.29 is 31.7 Å². The molecule has 3 aliphatic rings. The highest BCUT2D eigenvalue weighted by molar-refractivity contribution is 14.1. The first kappa shape index (κ1) is 25.3. The number of hydrogen-bond donors (Lipinski definition) is 0. The molecule has 0 radical (unpaired) electrons. The van der Waals surface area contributed by atoms with Crippen molar-refractivity contribution in [3.8, 4) is 11.5 Å². The van der Waals surface area contributed by atoms with Crippen LogP contribution in [0.2, 0.25) is 5.02 Å². The minimum Gasteiger partial charge on any atom is -0.493 e. The van der Waals surface area contributed by atoms with Gasteiger partial charge in [0.1, 0.15) is 16.4 Å². The first-order valence-electron chi connectivity index (χ1n) is 11.5. The molecule has 0 spiro atoms. The van der Waals surface area contributed by atoms with Crippen molar-refractivity contribution in [3.05, 3.63) is 73.2 Å². The van der Waals surface area contributed by atoms with Gasteiger partial charge in [-0.15, -0.1) is 0 Å². The van der Waals surface area contributed by atoms with Gasteiger partial charge < -0.3 is 13.7 Å². The molecule has 1 aliphatic heterocycles. The zero-order valence-corrected chi connectivity index (χ0v) is 23.0. The molecule has 0 amide bonds. The first-order valence-corrected chi connectivity index (χ1v) is 14.3. The van der Waals surface area contributed by atoms with Crippen LogP contribution in [0.25, 0.3) is 0 Å². The van der Waals surface area contributed by atoms with Crippen molar-refractivity contribution in [2.75, 3.05) is 7.11 Å². The number of methoxy groups -OCH3 is 1. The smallest absolute Gasteiger partial charge is 0.339 e. The molecule has 1 heterocycles. The van der Waals surface area contributed by atoms with E-state index in [1.807, 2.05) is 22.6 Å². The summed E-state index contributed by atoms with van der Waals surface area (Å²) in [6.45, 7) is 0. The zero-order chi connectivity index (χ0) is 25.6. The highest BCUT2D eigenvalue weighted by Crippen LogP contribution is 2.49. The lowest BCUT2D eigenvalue weighted by molar-refractivity contribution is -0.117. The van der Waals surface area contributed by atoms with Crippen LogP contribution in [-0.2, 0) is 24.4 Å². The van der Waals surface area contributed by atoms with Crippen LogP contribution in [0.15, 0.2) is 64.0 Å². The van der Waals surface area contributed by atoms with Gasteiger partial charge >= 0.3 is 10.1 Å². The first-order chi connectivity index (χ1) is 17.2. The predicted octanol–water partition coefficient (Wildman–Crippen LogP) is 5.85. The van der Waals surface area contributed by atoms with Crippen LogP contribution in [0.3, 0.4) is 0 Å². The van der Waals surface area contributed by atoms with Crippen molar-refractivity contribution in [1.82, 2.24) is 0 Å². The lowest BCUT2D eigenvalue weighted by Gasteiger charge is -2.36. The van der Waals surface area contributed by atoms with Crippen LogP contribution in [0.4, 0.5) is 0 Å². The van der Waals surface area contributed by atoms with Gasteiger partial charge in [0.05, 0.1) is 10.7 Å². The summed E-state index contributed by atoms with van der Waals surface area (Å²) in [6, 6.07) is 9.03. The minimum absolute atomic E-state index is 0.0252. The van der Waals surface area contributed by atoms with Gasteiger partial charge in [-0.05, 0) is 77.4 Å². The Balaban J connectivity index is 1.61. The second-order valence-electron chi connectivity index (χ2n) is 8.79. The highest BCUT2D eigenvalue weighted by Gasteiger charge is 2.42. The molecule has 0 aromatic heterocycles. The van der Waals surface area contributed by atoms with Crippen molar-refractivity contribution in [1.29, 1.82) is 0 Å². The third-order valence-corrected chi connectivity index (χ3v) is 8.81. The molecular weight excluding hydrogens is 619 g/mol. The van der Waals surface area contributed by atoms with E-state index in [4.69, 9.17) is 25.3 Å². The fourth-order valence-corrected chi connectivity index (χ4v) is 6.87. The summed E-state index contributed by atoms with van der Waals surface area (Å²) in [5.41, 5.74) is 1.67. The number of carbonyl (C=O) groups is 2. The SMILES string of the molecule is COc1cc(C2C3=C(CCCC3=O)OC3=C2C(=O)CCC3)cc(I)c1OS(=O)(=O)c1ccc(Cl)cc1. The van der Waals surface area contributed by atoms with E-state index in [-0.39, 0.29) is 28.0 Å². The molecule has 0 atom stereocenters. The number of halogens is 2. The Kier molecular flexibility index (Phi) is 6.90. The summed E-state index contributed by atoms with van der Waals surface area (Å²) in [5.74, 6) is 0.799. The molecule has 2 aliphatic carbocycles. The summed E-state index contributed by atoms with van der Waals surface area (Å²) in [7, 11) is -2.76. The van der Waals surface area contributed by atoms with Gasteiger partial charge in [0.15, 0.2) is 23.1 Å². The number of allylic oxidation sites excluding steroid dienone is 4. The van der Waals surface area contributed by atoms with Gasteiger partial charge in [0.25, 0.3) is 0 Å². The number of rotatable bonds is 5. The standard InChI is InChI=1S/C26H22ClIO7S/c1-33-22-13-14(12-17(28)26(22)35-36(31,32)16-10-8-15(27)9-11-16)23-24-18(29)4-2-6-20(24)34-21-7-3-5-19(30)25(21)23/h8-13,23H,2-7H2,1H3. The monoisotopic (exact) mass is 640 g/mol. The van der Waals surface area contributed by atoms with E-state index in [2.05, 4.69) is 0 Å². The molecule has 7 nitrogen and oxygen atoms in total. The van der Waals surface area contributed by atoms with Crippen molar-refractivity contribution in [3.63, 3.8) is 0 Å².